The van der Waals surface area contributed by atoms with Gasteiger partial charge in [-0.2, -0.15) is 0 Å². The third-order valence-electron chi connectivity index (χ3n) is 8.12. The van der Waals surface area contributed by atoms with Crippen LogP contribution in [0.15, 0.2) is 60.7 Å². The average molecular weight is 495 g/mol. The molecule has 0 saturated carbocycles. The summed E-state index contributed by atoms with van der Waals surface area (Å²) in [5.74, 6) is 0. The molecule has 6 rings (SSSR count). The number of fused-ring (bicyclic) bond motifs is 3. The van der Waals surface area contributed by atoms with E-state index in [9.17, 15) is 0 Å². The SMILES string of the molecule is C[C@]12CC[C@H]3O[C@@H]3O[C@@H]1C[C@@H]1O[C@@H](CCCOCc3ccccc3)C[C@@H](OCc3ccccc3)[C@H]1O2. The zero-order valence-electron chi connectivity index (χ0n) is 21.1. The fourth-order valence-electron chi connectivity index (χ4n) is 5.97. The van der Waals surface area contributed by atoms with Gasteiger partial charge in [-0.15, -0.1) is 0 Å². The molecule has 0 spiro atoms. The van der Waals surface area contributed by atoms with E-state index in [1.54, 1.807) is 0 Å². The number of epoxide rings is 1. The first-order valence-electron chi connectivity index (χ1n) is 13.6. The van der Waals surface area contributed by atoms with Gasteiger partial charge in [0.15, 0.2) is 6.29 Å². The highest BCUT2D eigenvalue weighted by Gasteiger charge is 2.57. The van der Waals surface area contributed by atoms with Crippen molar-refractivity contribution < 1.29 is 28.4 Å². The summed E-state index contributed by atoms with van der Waals surface area (Å²) in [6.45, 7) is 4.15. The van der Waals surface area contributed by atoms with Crippen LogP contribution in [0.3, 0.4) is 0 Å². The van der Waals surface area contributed by atoms with Crippen LogP contribution in [-0.4, -0.2) is 55.1 Å². The highest BCUT2D eigenvalue weighted by Crippen LogP contribution is 2.47. The van der Waals surface area contributed by atoms with Crippen LogP contribution in [0.2, 0.25) is 0 Å². The van der Waals surface area contributed by atoms with Gasteiger partial charge in [0, 0.05) is 19.4 Å². The molecule has 8 atom stereocenters. The molecule has 4 heterocycles. The van der Waals surface area contributed by atoms with Crippen molar-refractivity contribution in [2.75, 3.05) is 6.61 Å². The van der Waals surface area contributed by atoms with Crippen molar-refractivity contribution in [2.24, 2.45) is 0 Å². The maximum Gasteiger partial charge on any atom is 0.184 e. The minimum atomic E-state index is -0.326. The lowest BCUT2D eigenvalue weighted by Crippen LogP contribution is -2.62. The molecule has 194 valence electrons. The molecule has 2 aromatic rings. The van der Waals surface area contributed by atoms with E-state index in [-0.39, 0.29) is 48.5 Å². The smallest absolute Gasteiger partial charge is 0.184 e. The van der Waals surface area contributed by atoms with E-state index in [0.717, 1.165) is 45.1 Å². The zero-order chi connectivity index (χ0) is 24.4. The van der Waals surface area contributed by atoms with Gasteiger partial charge in [-0.25, -0.2) is 0 Å². The lowest BCUT2D eigenvalue weighted by Gasteiger charge is -2.52. The van der Waals surface area contributed by atoms with Crippen LogP contribution in [0.1, 0.15) is 56.6 Å². The zero-order valence-corrected chi connectivity index (χ0v) is 21.1. The molecule has 6 nitrogen and oxygen atoms in total. The van der Waals surface area contributed by atoms with Crippen molar-refractivity contribution >= 4 is 0 Å². The molecule has 0 unspecified atom stereocenters. The van der Waals surface area contributed by atoms with Gasteiger partial charge in [0.05, 0.1) is 43.2 Å². The maximum atomic E-state index is 6.82. The Morgan fingerprint density at radius 3 is 2.39 bits per heavy atom. The van der Waals surface area contributed by atoms with Gasteiger partial charge in [0.1, 0.15) is 12.2 Å². The molecule has 2 aromatic carbocycles. The first-order valence-corrected chi connectivity index (χ1v) is 13.6. The highest BCUT2D eigenvalue weighted by molar-refractivity contribution is 5.14. The maximum absolute atomic E-state index is 6.82. The monoisotopic (exact) mass is 494 g/mol. The Kier molecular flexibility index (Phi) is 7.43. The van der Waals surface area contributed by atoms with E-state index in [2.05, 4.69) is 43.3 Å². The molecular weight excluding hydrogens is 456 g/mol. The molecule has 6 heteroatoms. The van der Waals surface area contributed by atoms with E-state index < -0.39 is 0 Å². The van der Waals surface area contributed by atoms with Crippen LogP contribution in [0, 0.1) is 0 Å². The van der Waals surface area contributed by atoms with E-state index in [0.29, 0.717) is 13.2 Å². The molecule has 0 radical (unpaired) electrons. The minimum Gasteiger partial charge on any atom is -0.377 e. The first-order chi connectivity index (χ1) is 17.7. The van der Waals surface area contributed by atoms with Gasteiger partial charge in [-0.05, 0) is 43.7 Å². The fraction of sp³-hybridized carbons (Fsp3) is 0.600. The molecule has 0 aromatic heterocycles. The number of ether oxygens (including phenoxy) is 6. The van der Waals surface area contributed by atoms with Crippen molar-refractivity contribution in [2.45, 2.75) is 107 Å². The van der Waals surface area contributed by atoms with Gasteiger partial charge in [0.25, 0.3) is 0 Å². The van der Waals surface area contributed by atoms with Crippen molar-refractivity contribution in [3.05, 3.63) is 71.8 Å². The molecule has 0 aliphatic carbocycles. The number of hydrogen-bond acceptors (Lipinski definition) is 6. The predicted octanol–water partition coefficient (Wildman–Crippen LogP) is 5.18. The van der Waals surface area contributed by atoms with E-state index in [4.69, 9.17) is 28.4 Å². The summed E-state index contributed by atoms with van der Waals surface area (Å²) in [5.41, 5.74) is 2.06. The van der Waals surface area contributed by atoms with Crippen molar-refractivity contribution in [1.82, 2.24) is 0 Å². The van der Waals surface area contributed by atoms with E-state index in [1.807, 2.05) is 24.3 Å². The Hall–Kier alpha value is -1.80. The Labute approximate surface area is 214 Å². The van der Waals surface area contributed by atoms with Crippen LogP contribution >= 0.6 is 0 Å². The molecular formula is C30H38O6. The molecule has 4 aliphatic heterocycles. The lowest BCUT2D eigenvalue weighted by atomic mass is 9.81. The standard InChI is InChI=1S/C30H38O6/c1-30-15-14-24-29(34-24)35-27(30)18-26-28(36-30)25(32-20-22-11-6-3-7-12-22)17-23(33-26)13-8-16-31-19-21-9-4-2-5-10-21/h2-7,9-12,23-29H,8,13-20H2,1H3/t23-,24+,25+,26-,27+,28+,29+,30-/m0/s1. The summed E-state index contributed by atoms with van der Waals surface area (Å²) in [7, 11) is 0. The number of rotatable bonds is 9. The Morgan fingerprint density at radius 2 is 1.61 bits per heavy atom. The Balaban J connectivity index is 1.08. The molecule has 36 heavy (non-hydrogen) atoms. The second-order valence-electron chi connectivity index (χ2n) is 10.9. The summed E-state index contributed by atoms with van der Waals surface area (Å²) in [6.07, 6.45) is 5.62. The average Bonchev–Trinajstić information content (AvgIpc) is 3.67. The summed E-state index contributed by atoms with van der Waals surface area (Å²) in [5, 5.41) is 0. The third kappa shape index (κ3) is 5.69. The largest absolute Gasteiger partial charge is 0.377 e. The number of benzene rings is 2. The third-order valence-corrected chi connectivity index (χ3v) is 8.12. The fourth-order valence-corrected chi connectivity index (χ4v) is 5.97. The van der Waals surface area contributed by atoms with Crippen LogP contribution in [-0.2, 0) is 41.6 Å². The van der Waals surface area contributed by atoms with Crippen molar-refractivity contribution in [3.8, 4) is 0 Å². The molecule has 0 N–H and O–H groups in total. The highest BCUT2D eigenvalue weighted by atomic mass is 16.8. The van der Waals surface area contributed by atoms with Gasteiger partial charge in [-0.1, -0.05) is 60.7 Å². The second-order valence-corrected chi connectivity index (χ2v) is 10.9. The van der Waals surface area contributed by atoms with Crippen molar-refractivity contribution in [1.29, 1.82) is 0 Å². The number of hydrogen-bond donors (Lipinski definition) is 0. The molecule has 4 aliphatic rings. The van der Waals surface area contributed by atoms with Crippen molar-refractivity contribution in [3.63, 3.8) is 0 Å². The van der Waals surface area contributed by atoms with Crippen LogP contribution in [0.25, 0.3) is 0 Å². The first kappa shape index (κ1) is 24.5. The minimum absolute atomic E-state index is 0.00833. The predicted molar refractivity (Wildman–Crippen MR) is 134 cm³/mol. The van der Waals surface area contributed by atoms with Crippen LogP contribution in [0.4, 0.5) is 0 Å². The summed E-state index contributed by atoms with van der Waals surface area (Å²) >= 11 is 0. The van der Waals surface area contributed by atoms with Crippen LogP contribution in [0.5, 0.6) is 0 Å². The Morgan fingerprint density at radius 1 is 0.861 bits per heavy atom. The molecule has 4 saturated heterocycles. The van der Waals surface area contributed by atoms with Gasteiger partial charge >= 0.3 is 0 Å². The lowest BCUT2D eigenvalue weighted by molar-refractivity contribution is -0.299. The van der Waals surface area contributed by atoms with Gasteiger partial charge < -0.3 is 28.4 Å². The quantitative estimate of drug-likeness (QED) is 0.354. The molecule has 4 fully saturated rings. The van der Waals surface area contributed by atoms with Crippen LogP contribution < -0.4 is 0 Å². The summed E-state index contributed by atoms with van der Waals surface area (Å²) in [4.78, 5) is 0. The topological polar surface area (TPSA) is 58.7 Å². The normalized spacial score (nSPS) is 37.3. The Bertz CT molecular complexity index is 970. The molecule has 0 amide bonds. The summed E-state index contributed by atoms with van der Waals surface area (Å²) in [6, 6.07) is 20.7. The summed E-state index contributed by atoms with van der Waals surface area (Å²) < 4.78 is 37.9. The molecule has 0 bridgehead atoms. The van der Waals surface area contributed by atoms with Gasteiger partial charge in [0.2, 0.25) is 0 Å². The van der Waals surface area contributed by atoms with E-state index >= 15 is 0 Å². The van der Waals surface area contributed by atoms with Gasteiger partial charge in [-0.3, -0.25) is 0 Å². The second kappa shape index (κ2) is 10.9. The van der Waals surface area contributed by atoms with E-state index in [1.165, 1.54) is 11.1 Å².